The van der Waals surface area contributed by atoms with Gasteiger partial charge in [0.2, 0.25) is 5.78 Å². The maximum absolute atomic E-state index is 12.2. The quantitative estimate of drug-likeness (QED) is 0.464. The lowest BCUT2D eigenvalue weighted by Crippen LogP contribution is -2.68. The van der Waals surface area contributed by atoms with Crippen molar-refractivity contribution in [3.63, 3.8) is 0 Å². The van der Waals surface area contributed by atoms with Gasteiger partial charge in [-0.1, -0.05) is 20.8 Å². The summed E-state index contributed by atoms with van der Waals surface area (Å²) in [4.78, 5) is 25.8. The summed E-state index contributed by atoms with van der Waals surface area (Å²) in [6.45, 7) is 12.6. The highest BCUT2D eigenvalue weighted by atomic mass is 28.4. The summed E-state index contributed by atoms with van der Waals surface area (Å²) in [5, 5.41) is 0.0446. The largest absolute Gasteiger partial charge is 0.497 e. The van der Waals surface area contributed by atoms with Gasteiger partial charge in [0.15, 0.2) is 8.32 Å². The fourth-order valence-electron chi connectivity index (χ4n) is 2.57. The zero-order chi connectivity index (χ0) is 18.3. The molecule has 0 N–H and O–H groups in total. The number of Topliss-reactive ketones (excluding diaryl/α,β-unsaturated/α-hetero) is 1. The lowest BCUT2D eigenvalue weighted by Gasteiger charge is -2.46. The lowest BCUT2D eigenvalue weighted by atomic mass is 9.94. The molecule has 0 radical (unpaired) electrons. The summed E-state index contributed by atoms with van der Waals surface area (Å²) in [7, 11) is -0.432. The first-order valence-electron chi connectivity index (χ1n) is 8.19. The van der Waals surface area contributed by atoms with Crippen LogP contribution in [0.4, 0.5) is 5.69 Å². The predicted octanol–water partition coefficient (Wildman–Crippen LogP) is 3.39. The Hall–Kier alpha value is -1.66. The number of nitrogens with zero attached hydrogens (tertiary/aromatic N) is 1. The fraction of sp³-hybridized carbons (Fsp3) is 0.556. The van der Waals surface area contributed by atoms with E-state index >= 15 is 0 Å². The van der Waals surface area contributed by atoms with Gasteiger partial charge in [-0.2, -0.15) is 0 Å². The average molecular weight is 350 g/mol. The molecule has 1 aromatic rings. The summed E-state index contributed by atoms with van der Waals surface area (Å²) in [6.07, 6.45) is -0.335. The standard InChI is InChI=1S/C18H27NO4Si/c1-12(23-24(6,7)18(2,3)4)15-16(20)17(21)19(15)13-8-10-14(22-5)11-9-13/h8-12,15H,1-7H3/t12-,15+/m0/s1. The van der Waals surface area contributed by atoms with E-state index in [9.17, 15) is 9.59 Å². The van der Waals surface area contributed by atoms with Crippen LogP contribution in [0, 0.1) is 0 Å². The third kappa shape index (κ3) is 3.25. The maximum Gasteiger partial charge on any atom is 0.297 e. The van der Waals surface area contributed by atoms with Crippen LogP contribution < -0.4 is 9.64 Å². The Morgan fingerprint density at radius 2 is 1.67 bits per heavy atom. The van der Waals surface area contributed by atoms with E-state index in [0.717, 1.165) is 0 Å². The van der Waals surface area contributed by atoms with Crippen molar-refractivity contribution < 1.29 is 18.8 Å². The molecule has 0 saturated carbocycles. The maximum atomic E-state index is 12.2. The van der Waals surface area contributed by atoms with Crippen molar-refractivity contribution in [2.24, 2.45) is 0 Å². The van der Waals surface area contributed by atoms with Gasteiger partial charge >= 0.3 is 0 Å². The monoisotopic (exact) mass is 349 g/mol. The molecule has 1 aliphatic heterocycles. The number of anilines is 1. The molecular formula is C18H27NO4Si. The van der Waals surface area contributed by atoms with E-state index in [1.807, 2.05) is 6.92 Å². The topological polar surface area (TPSA) is 55.8 Å². The molecule has 5 nitrogen and oxygen atoms in total. The highest BCUT2D eigenvalue weighted by Gasteiger charge is 2.52. The molecule has 1 amide bonds. The number of ether oxygens (including phenoxy) is 1. The van der Waals surface area contributed by atoms with Gasteiger partial charge in [0.25, 0.3) is 5.91 Å². The number of carbonyl (C=O) groups is 2. The Bertz CT molecular complexity index is 633. The zero-order valence-electron chi connectivity index (χ0n) is 15.5. The number of rotatable bonds is 5. The second-order valence-electron chi connectivity index (χ2n) is 7.77. The SMILES string of the molecule is COc1ccc(N2C(=O)C(=O)[C@H]2[C@H](C)O[Si](C)(C)C(C)(C)C)cc1. The van der Waals surface area contributed by atoms with E-state index in [1.165, 1.54) is 4.90 Å². The molecule has 1 aliphatic rings. The Kier molecular flexibility index (Phi) is 4.93. The van der Waals surface area contributed by atoms with Gasteiger partial charge in [-0.25, -0.2) is 0 Å². The van der Waals surface area contributed by atoms with Gasteiger partial charge in [-0.15, -0.1) is 0 Å². The molecule has 1 aromatic carbocycles. The van der Waals surface area contributed by atoms with Crippen LogP contribution in [-0.4, -0.2) is 39.3 Å². The minimum absolute atomic E-state index is 0.0446. The van der Waals surface area contributed by atoms with Gasteiger partial charge in [-0.3, -0.25) is 14.5 Å². The fourth-order valence-corrected chi connectivity index (χ4v) is 3.98. The number of methoxy groups -OCH3 is 1. The first-order chi connectivity index (χ1) is 11.0. The van der Waals surface area contributed by atoms with Crippen LogP contribution >= 0.6 is 0 Å². The minimum atomic E-state index is -2.02. The molecule has 0 aromatic heterocycles. The molecule has 6 heteroatoms. The van der Waals surface area contributed by atoms with Crippen molar-refractivity contribution in [1.29, 1.82) is 0 Å². The summed E-state index contributed by atoms with van der Waals surface area (Å²) < 4.78 is 11.5. The number of amides is 1. The van der Waals surface area contributed by atoms with Crippen molar-refractivity contribution in [2.45, 2.75) is 58.0 Å². The van der Waals surface area contributed by atoms with Gasteiger partial charge in [0.1, 0.15) is 11.8 Å². The third-order valence-electron chi connectivity index (χ3n) is 5.06. The van der Waals surface area contributed by atoms with E-state index in [4.69, 9.17) is 9.16 Å². The Balaban J connectivity index is 2.21. The van der Waals surface area contributed by atoms with Crippen LogP contribution in [0.3, 0.4) is 0 Å². The van der Waals surface area contributed by atoms with Crippen molar-refractivity contribution >= 4 is 25.7 Å². The minimum Gasteiger partial charge on any atom is -0.497 e. The van der Waals surface area contributed by atoms with E-state index < -0.39 is 20.3 Å². The number of hydrogen-bond acceptors (Lipinski definition) is 4. The van der Waals surface area contributed by atoms with Crippen LogP contribution in [0.25, 0.3) is 0 Å². The highest BCUT2D eigenvalue weighted by Crippen LogP contribution is 2.39. The molecule has 24 heavy (non-hydrogen) atoms. The van der Waals surface area contributed by atoms with Gasteiger partial charge in [0.05, 0.1) is 13.2 Å². The molecule has 0 bridgehead atoms. The molecular weight excluding hydrogens is 322 g/mol. The molecule has 0 spiro atoms. The number of β-lactam (4-membered cyclic amide) rings is 1. The van der Waals surface area contributed by atoms with Gasteiger partial charge in [-0.05, 0) is 49.3 Å². The number of carbonyl (C=O) groups excluding carboxylic acids is 2. The van der Waals surface area contributed by atoms with Gasteiger partial charge < -0.3 is 9.16 Å². The van der Waals surface area contributed by atoms with E-state index in [1.54, 1.807) is 31.4 Å². The van der Waals surface area contributed by atoms with Crippen LogP contribution in [0.2, 0.25) is 18.1 Å². The van der Waals surface area contributed by atoms with Crippen LogP contribution in [0.5, 0.6) is 5.75 Å². The molecule has 1 heterocycles. The highest BCUT2D eigenvalue weighted by molar-refractivity contribution is 6.74. The molecule has 132 valence electrons. The molecule has 2 rings (SSSR count). The first kappa shape index (κ1) is 18.7. The predicted molar refractivity (Wildman–Crippen MR) is 97.0 cm³/mol. The van der Waals surface area contributed by atoms with E-state index in [2.05, 4.69) is 33.9 Å². The molecule has 0 aliphatic carbocycles. The number of ketones is 1. The summed E-state index contributed by atoms with van der Waals surface area (Å²) in [5.41, 5.74) is 0.691. The second-order valence-corrected chi connectivity index (χ2v) is 12.5. The Morgan fingerprint density at radius 3 is 2.12 bits per heavy atom. The van der Waals surface area contributed by atoms with Crippen molar-refractivity contribution in [3.8, 4) is 5.75 Å². The van der Waals surface area contributed by atoms with E-state index in [-0.39, 0.29) is 16.9 Å². The number of hydrogen-bond donors (Lipinski definition) is 0. The smallest absolute Gasteiger partial charge is 0.297 e. The van der Waals surface area contributed by atoms with Crippen molar-refractivity contribution in [2.75, 3.05) is 12.0 Å². The molecule has 0 unspecified atom stereocenters. The zero-order valence-corrected chi connectivity index (χ0v) is 16.5. The normalized spacial score (nSPS) is 20.0. The first-order valence-corrected chi connectivity index (χ1v) is 11.1. The van der Waals surface area contributed by atoms with Crippen LogP contribution in [0.1, 0.15) is 27.7 Å². The average Bonchev–Trinajstić information content (AvgIpc) is 2.50. The van der Waals surface area contributed by atoms with Crippen molar-refractivity contribution in [1.82, 2.24) is 0 Å². The Morgan fingerprint density at radius 1 is 1.12 bits per heavy atom. The summed E-state index contributed by atoms with van der Waals surface area (Å²) in [5.74, 6) is -0.145. The molecule has 1 fully saturated rings. The van der Waals surface area contributed by atoms with Crippen molar-refractivity contribution in [3.05, 3.63) is 24.3 Å². The molecule has 1 saturated heterocycles. The lowest BCUT2D eigenvalue weighted by molar-refractivity contribution is -0.145. The second kappa shape index (κ2) is 6.33. The summed E-state index contributed by atoms with van der Waals surface area (Å²) >= 11 is 0. The van der Waals surface area contributed by atoms with E-state index in [0.29, 0.717) is 11.4 Å². The third-order valence-corrected chi connectivity index (χ3v) is 9.63. The molecule has 2 atom stereocenters. The Labute approximate surface area is 145 Å². The van der Waals surface area contributed by atoms with Crippen LogP contribution in [0.15, 0.2) is 24.3 Å². The van der Waals surface area contributed by atoms with Crippen LogP contribution in [-0.2, 0) is 14.0 Å². The number of benzene rings is 1. The van der Waals surface area contributed by atoms with Gasteiger partial charge in [0, 0.05) is 5.69 Å². The summed E-state index contributed by atoms with van der Waals surface area (Å²) in [6, 6.07) is 6.58.